The van der Waals surface area contributed by atoms with Gasteiger partial charge in [-0.15, -0.1) is 0 Å². The maximum atomic E-state index is 13.0. The second-order valence-corrected chi connectivity index (χ2v) is 6.85. The molecular weight excluding hydrogens is 339 g/mol. The monoisotopic (exact) mass is 366 g/mol. The van der Waals surface area contributed by atoms with Crippen molar-refractivity contribution in [1.82, 2.24) is 9.88 Å². The number of carbonyl (C=O) groups excluding carboxylic acids is 1. The van der Waals surface area contributed by atoms with Gasteiger partial charge in [-0.25, -0.2) is 0 Å². The van der Waals surface area contributed by atoms with Gasteiger partial charge in [0.25, 0.3) is 5.91 Å². The molecule has 0 spiro atoms. The minimum Gasteiger partial charge on any atom is -0.347 e. The second-order valence-electron chi connectivity index (χ2n) is 6.85. The zero-order chi connectivity index (χ0) is 19.1. The van der Waals surface area contributed by atoms with Gasteiger partial charge in [-0.2, -0.15) is 0 Å². The molecular formula is C23H27FN2O. The molecule has 0 aliphatic rings. The third kappa shape index (κ3) is 4.57. The van der Waals surface area contributed by atoms with E-state index in [1.807, 2.05) is 60.8 Å². The SMILES string of the molecule is CCC(NC(=O)c1cn(CCCCCF)c2ccccc12)c1ccccc1. The number of nitrogens with one attached hydrogen (secondary N) is 1. The van der Waals surface area contributed by atoms with Crippen LogP contribution in [0.25, 0.3) is 10.9 Å². The zero-order valence-corrected chi connectivity index (χ0v) is 15.8. The van der Waals surface area contributed by atoms with E-state index in [0.29, 0.717) is 12.0 Å². The maximum Gasteiger partial charge on any atom is 0.253 e. The van der Waals surface area contributed by atoms with Gasteiger partial charge in [-0.3, -0.25) is 9.18 Å². The highest BCUT2D eigenvalue weighted by Gasteiger charge is 2.18. The van der Waals surface area contributed by atoms with E-state index in [9.17, 15) is 9.18 Å². The number of aryl methyl sites for hydroxylation is 1. The molecule has 1 amide bonds. The summed E-state index contributed by atoms with van der Waals surface area (Å²) in [6.45, 7) is 2.60. The molecule has 1 heterocycles. The predicted octanol–water partition coefficient (Wildman–Crippen LogP) is 5.66. The molecule has 0 bridgehead atoms. The third-order valence-corrected chi connectivity index (χ3v) is 4.98. The quantitative estimate of drug-likeness (QED) is 0.487. The molecule has 0 aliphatic carbocycles. The number of hydrogen-bond donors (Lipinski definition) is 1. The summed E-state index contributed by atoms with van der Waals surface area (Å²) in [5, 5.41) is 4.14. The Labute approximate surface area is 160 Å². The summed E-state index contributed by atoms with van der Waals surface area (Å²) in [5.41, 5.74) is 2.87. The molecule has 0 radical (unpaired) electrons. The average Bonchev–Trinajstić information content (AvgIpc) is 3.09. The Hall–Kier alpha value is -2.62. The molecule has 1 atom stereocenters. The van der Waals surface area contributed by atoms with Crippen LogP contribution in [0.3, 0.4) is 0 Å². The Morgan fingerprint density at radius 2 is 1.78 bits per heavy atom. The smallest absolute Gasteiger partial charge is 0.253 e. The lowest BCUT2D eigenvalue weighted by molar-refractivity contribution is 0.0937. The average molecular weight is 366 g/mol. The highest BCUT2D eigenvalue weighted by Crippen LogP contribution is 2.24. The van der Waals surface area contributed by atoms with Crippen LogP contribution in [0.1, 0.15) is 54.6 Å². The molecule has 0 saturated heterocycles. The molecule has 4 heteroatoms. The number of nitrogens with zero attached hydrogens (tertiary/aromatic N) is 1. The first kappa shape index (κ1) is 19.2. The minimum absolute atomic E-state index is 0.00892. The minimum atomic E-state index is -0.266. The fraction of sp³-hybridized carbons (Fsp3) is 0.348. The van der Waals surface area contributed by atoms with E-state index in [-0.39, 0.29) is 18.6 Å². The lowest BCUT2D eigenvalue weighted by Crippen LogP contribution is -2.28. The number of aromatic nitrogens is 1. The van der Waals surface area contributed by atoms with E-state index < -0.39 is 0 Å². The van der Waals surface area contributed by atoms with Crippen molar-refractivity contribution < 1.29 is 9.18 Å². The van der Waals surface area contributed by atoms with Crippen LogP contribution in [0, 0.1) is 0 Å². The van der Waals surface area contributed by atoms with E-state index in [4.69, 9.17) is 0 Å². The molecule has 0 saturated carbocycles. The number of rotatable bonds is 9. The summed E-state index contributed by atoms with van der Waals surface area (Å²) < 4.78 is 14.4. The van der Waals surface area contributed by atoms with Crippen LogP contribution in [0.5, 0.6) is 0 Å². The largest absolute Gasteiger partial charge is 0.347 e. The van der Waals surface area contributed by atoms with Crippen molar-refractivity contribution in [2.75, 3.05) is 6.67 Å². The molecule has 3 nitrogen and oxygen atoms in total. The molecule has 27 heavy (non-hydrogen) atoms. The van der Waals surface area contributed by atoms with Gasteiger partial charge in [-0.05, 0) is 37.3 Å². The summed E-state index contributed by atoms with van der Waals surface area (Å²) in [5.74, 6) is -0.0515. The highest BCUT2D eigenvalue weighted by molar-refractivity contribution is 6.07. The van der Waals surface area contributed by atoms with Gasteiger partial charge in [0.15, 0.2) is 0 Å². The van der Waals surface area contributed by atoms with Crippen molar-refractivity contribution in [3.05, 3.63) is 71.9 Å². The van der Waals surface area contributed by atoms with Gasteiger partial charge in [-0.1, -0.05) is 55.5 Å². The zero-order valence-electron chi connectivity index (χ0n) is 15.8. The van der Waals surface area contributed by atoms with E-state index in [1.165, 1.54) is 0 Å². The van der Waals surface area contributed by atoms with E-state index in [2.05, 4.69) is 16.8 Å². The van der Waals surface area contributed by atoms with Crippen LogP contribution in [0.2, 0.25) is 0 Å². The van der Waals surface area contributed by atoms with Crippen LogP contribution < -0.4 is 5.32 Å². The lowest BCUT2D eigenvalue weighted by atomic mass is 10.0. The molecule has 1 unspecified atom stereocenters. The Balaban J connectivity index is 1.81. The highest BCUT2D eigenvalue weighted by atomic mass is 19.1. The van der Waals surface area contributed by atoms with Crippen molar-refractivity contribution >= 4 is 16.8 Å². The van der Waals surface area contributed by atoms with Gasteiger partial charge in [0, 0.05) is 23.6 Å². The van der Waals surface area contributed by atoms with Crippen LogP contribution in [-0.4, -0.2) is 17.1 Å². The number of fused-ring (bicyclic) bond motifs is 1. The van der Waals surface area contributed by atoms with Crippen molar-refractivity contribution in [1.29, 1.82) is 0 Å². The van der Waals surface area contributed by atoms with Gasteiger partial charge in [0.2, 0.25) is 0 Å². The summed E-state index contributed by atoms with van der Waals surface area (Å²) in [6, 6.07) is 18.0. The lowest BCUT2D eigenvalue weighted by Gasteiger charge is -2.17. The molecule has 142 valence electrons. The van der Waals surface area contributed by atoms with Gasteiger partial charge < -0.3 is 9.88 Å². The van der Waals surface area contributed by atoms with Crippen LogP contribution in [-0.2, 0) is 6.54 Å². The maximum absolute atomic E-state index is 13.0. The van der Waals surface area contributed by atoms with Crippen LogP contribution in [0.15, 0.2) is 60.8 Å². The van der Waals surface area contributed by atoms with Gasteiger partial charge in [0.05, 0.1) is 18.3 Å². The summed E-state index contributed by atoms with van der Waals surface area (Å²) in [7, 11) is 0. The number of unbranched alkanes of at least 4 members (excludes halogenated alkanes) is 2. The van der Waals surface area contributed by atoms with Crippen LogP contribution >= 0.6 is 0 Å². The molecule has 2 aromatic carbocycles. The van der Waals surface area contributed by atoms with E-state index in [1.54, 1.807) is 0 Å². The second kappa shape index (κ2) is 9.36. The molecule has 3 rings (SSSR count). The first-order chi connectivity index (χ1) is 13.2. The molecule has 0 fully saturated rings. The van der Waals surface area contributed by atoms with Gasteiger partial charge >= 0.3 is 0 Å². The standard InChI is InChI=1S/C23H27FN2O/c1-2-21(18-11-5-3-6-12-18)25-23(27)20-17-26(16-10-4-9-15-24)22-14-8-7-13-19(20)22/h3,5-8,11-14,17,21H,2,4,9-10,15-16H2,1H3,(H,25,27). The Bertz CT molecular complexity index is 872. The number of hydrogen-bond acceptors (Lipinski definition) is 1. The summed E-state index contributed by atoms with van der Waals surface area (Å²) in [6.07, 6.45) is 5.13. The number of carbonyl (C=O) groups is 1. The van der Waals surface area contributed by atoms with E-state index in [0.717, 1.165) is 42.3 Å². The fourth-order valence-corrected chi connectivity index (χ4v) is 3.51. The predicted molar refractivity (Wildman–Crippen MR) is 109 cm³/mol. The number of amides is 1. The molecule has 1 N–H and O–H groups in total. The first-order valence-corrected chi connectivity index (χ1v) is 9.74. The number of halogens is 1. The Morgan fingerprint density at radius 3 is 2.52 bits per heavy atom. The van der Waals surface area contributed by atoms with Crippen LogP contribution in [0.4, 0.5) is 4.39 Å². The Kier molecular flexibility index (Phi) is 6.64. The normalized spacial score (nSPS) is 12.2. The van der Waals surface area contributed by atoms with Crippen molar-refractivity contribution in [3.8, 4) is 0 Å². The topological polar surface area (TPSA) is 34.0 Å². The van der Waals surface area contributed by atoms with Crippen molar-refractivity contribution in [3.63, 3.8) is 0 Å². The fourth-order valence-electron chi connectivity index (χ4n) is 3.51. The number of para-hydroxylation sites is 1. The first-order valence-electron chi connectivity index (χ1n) is 9.74. The van der Waals surface area contributed by atoms with Crippen molar-refractivity contribution in [2.45, 2.75) is 45.2 Å². The Morgan fingerprint density at radius 1 is 1.04 bits per heavy atom. The van der Waals surface area contributed by atoms with E-state index >= 15 is 0 Å². The van der Waals surface area contributed by atoms with Crippen molar-refractivity contribution in [2.24, 2.45) is 0 Å². The number of alkyl halides is 1. The number of benzene rings is 2. The molecule has 0 aliphatic heterocycles. The summed E-state index contributed by atoms with van der Waals surface area (Å²) >= 11 is 0. The van der Waals surface area contributed by atoms with Gasteiger partial charge in [0.1, 0.15) is 0 Å². The summed E-state index contributed by atoms with van der Waals surface area (Å²) in [4.78, 5) is 13.0. The molecule has 1 aromatic heterocycles. The third-order valence-electron chi connectivity index (χ3n) is 4.98. The molecule has 3 aromatic rings.